The van der Waals surface area contributed by atoms with Crippen LogP contribution in [-0.2, 0) is 16.2 Å². The number of hydrogen-bond acceptors (Lipinski definition) is 4. The van der Waals surface area contributed by atoms with Gasteiger partial charge in [0.2, 0.25) is 10.0 Å². The summed E-state index contributed by atoms with van der Waals surface area (Å²) in [5.41, 5.74) is -0.398. The number of hydrogen-bond donors (Lipinski definition) is 0. The van der Waals surface area contributed by atoms with Crippen molar-refractivity contribution < 1.29 is 26.6 Å². The van der Waals surface area contributed by atoms with Gasteiger partial charge in [0.25, 0.3) is 5.82 Å². The van der Waals surface area contributed by atoms with Crippen molar-refractivity contribution in [2.24, 2.45) is 0 Å². The summed E-state index contributed by atoms with van der Waals surface area (Å²) in [7, 11) is -3.68. The molecule has 0 amide bonds. The van der Waals surface area contributed by atoms with E-state index in [0.29, 0.717) is 24.5 Å². The Morgan fingerprint density at radius 1 is 1.00 bits per heavy atom. The number of alkyl halides is 3. The molecule has 0 atom stereocenters. The first-order valence-electron chi connectivity index (χ1n) is 8.06. The van der Waals surface area contributed by atoms with Crippen molar-refractivity contribution in [3.05, 3.63) is 53.7 Å². The fourth-order valence-electron chi connectivity index (χ4n) is 2.81. The Bertz CT molecular complexity index is 944. The van der Waals surface area contributed by atoms with E-state index in [2.05, 4.69) is 4.98 Å². The number of pyridine rings is 1. The van der Waals surface area contributed by atoms with Crippen molar-refractivity contribution in [2.75, 3.05) is 31.1 Å². The third-order valence-corrected chi connectivity index (χ3v) is 6.24. The molecule has 3 rings (SSSR count). The molecule has 0 unspecified atom stereocenters. The molecule has 0 saturated carbocycles. The van der Waals surface area contributed by atoms with Crippen LogP contribution >= 0.6 is 0 Å². The second-order valence-corrected chi connectivity index (χ2v) is 7.93. The minimum atomic E-state index is -4.41. The molecule has 1 N–H and O–H groups in total. The van der Waals surface area contributed by atoms with Crippen molar-refractivity contribution in [3.8, 4) is 6.07 Å². The minimum absolute atomic E-state index is 0.107. The number of aromatic nitrogens is 1. The first-order valence-corrected chi connectivity index (χ1v) is 9.50. The quantitative estimate of drug-likeness (QED) is 0.793. The molecule has 2 aromatic rings. The molecule has 1 aliphatic heterocycles. The van der Waals surface area contributed by atoms with Gasteiger partial charge in [-0.3, -0.25) is 4.90 Å². The van der Waals surface area contributed by atoms with E-state index >= 15 is 0 Å². The maximum Gasteiger partial charge on any atom is 0.419 e. The number of nitriles is 1. The van der Waals surface area contributed by atoms with Gasteiger partial charge in [0.1, 0.15) is 6.20 Å². The summed E-state index contributed by atoms with van der Waals surface area (Å²) in [5.74, 6) is 0.499. The fourth-order valence-corrected chi connectivity index (χ4v) is 4.23. The van der Waals surface area contributed by atoms with Crippen molar-refractivity contribution in [1.29, 1.82) is 5.26 Å². The van der Waals surface area contributed by atoms with Crippen molar-refractivity contribution in [2.45, 2.75) is 11.1 Å². The molecule has 1 fully saturated rings. The topological polar surface area (TPSA) is 78.5 Å². The Morgan fingerprint density at radius 2 is 1.63 bits per heavy atom. The Morgan fingerprint density at radius 3 is 2.11 bits per heavy atom. The maximum atomic E-state index is 12.7. The van der Waals surface area contributed by atoms with Crippen LogP contribution in [0.1, 0.15) is 11.1 Å². The number of piperazine rings is 1. The maximum absolute atomic E-state index is 12.7. The van der Waals surface area contributed by atoms with Gasteiger partial charge in [-0.05, 0) is 30.3 Å². The van der Waals surface area contributed by atoms with E-state index in [9.17, 15) is 21.6 Å². The Labute approximate surface area is 154 Å². The van der Waals surface area contributed by atoms with Crippen LogP contribution in [0.25, 0.3) is 0 Å². The zero-order valence-electron chi connectivity index (χ0n) is 14.1. The van der Waals surface area contributed by atoms with Gasteiger partial charge in [-0.2, -0.15) is 22.7 Å². The van der Waals surface area contributed by atoms with Crippen LogP contribution < -0.4 is 9.88 Å². The van der Waals surface area contributed by atoms with Gasteiger partial charge in [0.05, 0.1) is 48.3 Å². The van der Waals surface area contributed by atoms with E-state index in [0.717, 1.165) is 12.3 Å². The van der Waals surface area contributed by atoms with E-state index in [1.165, 1.54) is 34.6 Å². The number of aromatic amines is 1. The number of halogens is 3. The number of rotatable bonds is 3. The number of H-pyrrole nitrogens is 1. The van der Waals surface area contributed by atoms with E-state index < -0.39 is 21.8 Å². The van der Waals surface area contributed by atoms with E-state index in [1.54, 1.807) is 4.90 Å². The average molecular weight is 397 g/mol. The number of nitrogens with one attached hydrogen (secondary N) is 1. The minimum Gasteiger partial charge on any atom is -0.259 e. The molecule has 1 saturated heterocycles. The van der Waals surface area contributed by atoms with Crippen LogP contribution in [0.2, 0.25) is 0 Å². The van der Waals surface area contributed by atoms with E-state index in [4.69, 9.17) is 5.26 Å². The van der Waals surface area contributed by atoms with Crippen molar-refractivity contribution in [1.82, 2.24) is 4.31 Å². The lowest BCUT2D eigenvalue weighted by Crippen LogP contribution is -2.49. The predicted octanol–water partition coefficient (Wildman–Crippen LogP) is 1.90. The molecule has 2 heterocycles. The highest BCUT2D eigenvalue weighted by Crippen LogP contribution is 2.28. The molecular weight excluding hydrogens is 381 g/mol. The zero-order valence-corrected chi connectivity index (χ0v) is 14.9. The van der Waals surface area contributed by atoms with Crippen LogP contribution in [0.5, 0.6) is 0 Å². The summed E-state index contributed by atoms with van der Waals surface area (Å²) >= 11 is 0. The lowest BCUT2D eigenvalue weighted by atomic mass is 10.2. The molecule has 0 radical (unpaired) electrons. The molecule has 0 spiro atoms. The van der Waals surface area contributed by atoms with Gasteiger partial charge in [-0.1, -0.05) is 0 Å². The van der Waals surface area contributed by atoms with Crippen molar-refractivity contribution in [3.63, 3.8) is 0 Å². The summed E-state index contributed by atoms with van der Waals surface area (Å²) in [6, 6.07) is 9.94. The second-order valence-electron chi connectivity index (χ2n) is 5.99. The van der Waals surface area contributed by atoms with Gasteiger partial charge in [-0.15, -0.1) is 0 Å². The van der Waals surface area contributed by atoms with Gasteiger partial charge < -0.3 is 0 Å². The average Bonchev–Trinajstić information content (AvgIpc) is 2.67. The molecule has 6 nitrogen and oxygen atoms in total. The Kier molecular flexibility index (Phi) is 5.08. The summed E-state index contributed by atoms with van der Waals surface area (Å²) in [4.78, 5) is 4.52. The Balaban J connectivity index is 1.68. The van der Waals surface area contributed by atoms with Gasteiger partial charge in [0.15, 0.2) is 0 Å². The van der Waals surface area contributed by atoms with Crippen molar-refractivity contribution >= 4 is 15.8 Å². The molecule has 0 bridgehead atoms. The standard InChI is InChI=1S/C17H15F3N4O2S/c18-17(19,20)14-3-6-16(22-12-14)23-7-9-24(10-8-23)27(25,26)15-4-1-13(11-21)2-5-15/h1-6,12H,7-10H2/p+1. The third-order valence-electron chi connectivity index (χ3n) is 4.32. The monoisotopic (exact) mass is 397 g/mol. The second kappa shape index (κ2) is 7.17. The highest BCUT2D eigenvalue weighted by atomic mass is 32.2. The van der Waals surface area contributed by atoms with Crippen LogP contribution in [0.3, 0.4) is 0 Å². The predicted molar refractivity (Wildman–Crippen MR) is 90.1 cm³/mol. The molecule has 1 aromatic carbocycles. The molecule has 142 valence electrons. The summed E-state index contributed by atoms with van der Waals surface area (Å²) in [5, 5.41) is 8.80. The number of anilines is 1. The normalized spacial score (nSPS) is 16.1. The van der Waals surface area contributed by atoms with Crippen LogP contribution in [-0.4, -0.2) is 38.9 Å². The highest BCUT2D eigenvalue weighted by Gasteiger charge is 2.34. The lowest BCUT2D eigenvalue weighted by molar-refractivity contribution is -0.367. The summed E-state index contributed by atoms with van der Waals surface area (Å²) in [6.45, 7) is 1.10. The molecule has 10 heteroatoms. The zero-order chi connectivity index (χ0) is 19.7. The molecule has 0 aliphatic carbocycles. The van der Waals surface area contributed by atoms with Gasteiger partial charge in [0, 0.05) is 6.07 Å². The summed E-state index contributed by atoms with van der Waals surface area (Å²) in [6.07, 6.45) is -3.52. The SMILES string of the molecule is N#Cc1ccc(S(=O)(=O)N2CCN(c3ccc(C(F)(F)F)c[nH+]3)CC2)cc1. The lowest BCUT2D eigenvalue weighted by Gasteiger charge is -2.30. The van der Waals surface area contributed by atoms with E-state index in [-0.39, 0.29) is 18.0 Å². The third kappa shape index (κ3) is 4.04. The first-order chi connectivity index (χ1) is 12.7. The largest absolute Gasteiger partial charge is 0.419 e. The van der Waals surface area contributed by atoms with E-state index in [1.807, 2.05) is 6.07 Å². The van der Waals surface area contributed by atoms with Crippen LogP contribution in [0, 0.1) is 11.3 Å². The first kappa shape index (κ1) is 19.1. The molecular formula is C17H16F3N4O2S+. The molecule has 1 aliphatic rings. The van der Waals surface area contributed by atoms with Gasteiger partial charge >= 0.3 is 6.18 Å². The molecule has 1 aromatic heterocycles. The van der Waals surface area contributed by atoms with Gasteiger partial charge in [-0.25, -0.2) is 13.4 Å². The number of sulfonamides is 1. The Hall–Kier alpha value is -2.64. The number of nitrogens with zero attached hydrogens (tertiary/aromatic N) is 3. The molecule has 27 heavy (non-hydrogen) atoms. The van der Waals surface area contributed by atoms with Crippen LogP contribution in [0.15, 0.2) is 47.5 Å². The van der Waals surface area contributed by atoms with Crippen LogP contribution in [0.4, 0.5) is 19.0 Å². The summed E-state index contributed by atoms with van der Waals surface area (Å²) < 4.78 is 64.6. The number of benzene rings is 1. The smallest absolute Gasteiger partial charge is 0.259 e. The fraction of sp³-hybridized carbons (Fsp3) is 0.294. The highest BCUT2D eigenvalue weighted by molar-refractivity contribution is 7.89.